The van der Waals surface area contributed by atoms with Gasteiger partial charge in [-0.15, -0.1) is 0 Å². The van der Waals surface area contributed by atoms with Crippen LogP contribution in [0, 0.1) is 5.82 Å². The number of nitrogen functional groups attached to an aromatic ring is 1. The van der Waals surface area contributed by atoms with Crippen LogP contribution in [0.3, 0.4) is 0 Å². The molecule has 0 saturated carbocycles. The summed E-state index contributed by atoms with van der Waals surface area (Å²) in [7, 11) is 1.62. The maximum absolute atomic E-state index is 14.2. The molecule has 144 valence electrons. The van der Waals surface area contributed by atoms with E-state index in [2.05, 4.69) is 10.6 Å². The molecule has 26 heavy (non-hydrogen) atoms. The summed E-state index contributed by atoms with van der Waals surface area (Å²) in [6, 6.07) is 2.23. The van der Waals surface area contributed by atoms with Crippen molar-refractivity contribution in [2.75, 3.05) is 31.2 Å². The minimum absolute atomic E-state index is 0.115. The van der Waals surface area contributed by atoms with Gasteiger partial charge in [0.15, 0.2) is 0 Å². The molecule has 1 fully saturated rings. The van der Waals surface area contributed by atoms with Crippen LogP contribution in [0.25, 0.3) is 0 Å². The summed E-state index contributed by atoms with van der Waals surface area (Å²) >= 11 is 0. The van der Waals surface area contributed by atoms with Crippen molar-refractivity contribution in [3.63, 3.8) is 0 Å². The largest absolute Gasteiger partial charge is 0.444 e. The zero-order chi connectivity index (χ0) is 19.5. The topological polar surface area (TPSA) is 96.7 Å². The number of nitrogens with zero attached hydrogens (tertiary/aromatic N) is 1. The molecule has 1 atom stereocenters. The van der Waals surface area contributed by atoms with Crippen LogP contribution < -0.4 is 16.4 Å². The summed E-state index contributed by atoms with van der Waals surface area (Å²) < 4.78 is 19.5. The zero-order valence-electron chi connectivity index (χ0n) is 15.7. The van der Waals surface area contributed by atoms with Crippen molar-refractivity contribution in [2.45, 2.75) is 45.3 Å². The Balaban J connectivity index is 2.03. The molecule has 1 unspecified atom stereocenters. The Kier molecular flexibility index (Phi) is 5.94. The number of hydrogen-bond acceptors (Lipinski definition) is 5. The lowest BCUT2D eigenvalue weighted by molar-refractivity contribution is 0.0185. The number of nitrogens with two attached hydrogens (primary N) is 1. The Bertz CT molecular complexity index is 688. The molecule has 1 aliphatic heterocycles. The Morgan fingerprint density at radius 2 is 2.04 bits per heavy atom. The maximum atomic E-state index is 14.2. The second kappa shape index (κ2) is 7.80. The quantitative estimate of drug-likeness (QED) is 0.715. The van der Waals surface area contributed by atoms with Crippen molar-refractivity contribution >= 4 is 23.4 Å². The number of benzene rings is 1. The average Bonchev–Trinajstić information content (AvgIpc) is 2.55. The molecule has 4 N–H and O–H groups in total. The number of nitrogens with one attached hydrogen (secondary N) is 2. The van der Waals surface area contributed by atoms with Crippen molar-refractivity contribution in [2.24, 2.45) is 0 Å². The van der Waals surface area contributed by atoms with Gasteiger partial charge in [0.25, 0.3) is 5.91 Å². The molecule has 7 nitrogen and oxygen atoms in total. The van der Waals surface area contributed by atoms with Gasteiger partial charge in [-0.1, -0.05) is 0 Å². The third kappa shape index (κ3) is 5.00. The molecule has 0 bridgehead atoms. The van der Waals surface area contributed by atoms with Crippen LogP contribution >= 0.6 is 0 Å². The lowest BCUT2D eigenvalue weighted by Crippen LogP contribution is -2.50. The number of hydrogen-bond donors (Lipinski definition) is 3. The summed E-state index contributed by atoms with van der Waals surface area (Å²) in [6.07, 6.45) is 1.02. The standard InChI is InChI=1S/C18H27FN4O3/c1-18(2,3)26-17(25)23-7-5-6-11(10-23)22-16(24)12-8-14(20)15(21-4)9-13(12)19/h8-9,11,21H,5-7,10,20H2,1-4H3,(H,22,24). The lowest BCUT2D eigenvalue weighted by Gasteiger charge is -2.34. The summed E-state index contributed by atoms with van der Waals surface area (Å²) in [5, 5.41) is 5.55. The predicted molar refractivity (Wildman–Crippen MR) is 98.7 cm³/mol. The van der Waals surface area contributed by atoms with Gasteiger partial charge in [0.05, 0.1) is 16.9 Å². The van der Waals surface area contributed by atoms with Crippen LogP contribution in [-0.2, 0) is 4.74 Å². The molecule has 0 aromatic heterocycles. The Morgan fingerprint density at radius 1 is 1.35 bits per heavy atom. The SMILES string of the molecule is CNc1cc(F)c(C(=O)NC2CCCN(C(=O)OC(C)(C)C)C2)cc1N. The van der Waals surface area contributed by atoms with Crippen LogP contribution in [0.5, 0.6) is 0 Å². The fraction of sp³-hybridized carbons (Fsp3) is 0.556. The van der Waals surface area contributed by atoms with E-state index >= 15 is 0 Å². The van der Waals surface area contributed by atoms with E-state index in [1.165, 1.54) is 12.1 Å². The van der Waals surface area contributed by atoms with Gasteiger partial charge in [0.1, 0.15) is 11.4 Å². The predicted octanol–water partition coefficient (Wildman–Crippen LogP) is 2.58. The van der Waals surface area contributed by atoms with Gasteiger partial charge in [-0.05, 0) is 45.7 Å². The minimum atomic E-state index is -0.652. The second-order valence-electron chi connectivity index (χ2n) is 7.41. The van der Waals surface area contributed by atoms with Crippen molar-refractivity contribution in [1.29, 1.82) is 0 Å². The molecule has 1 saturated heterocycles. The van der Waals surface area contributed by atoms with Crippen molar-refractivity contribution in [3.05, 3.63) is 23.5 Å². The number of anilines is 2. The first-order valence-corrected chi connectivity index (χ1v) is 8.66. The minimum Gasteiger partial charge on any atom is -0.444 e. The van der Waals surface area contributed by atoms with Gasteiger partial charge in [0, 0.05) is 26.2 Å². The number of carbonyl (C=O) groups is 2. The third-order valence-electron chi connectivity index (χ3n) is 4.06. The Hall–Kier alpha value is -2.51. The molecule has 0 spiro atoms. The molecule has 0 radical (unpaired) electrons. The van der Waals surface area contributed by atoms with E-state index in [1.807, 2.05) is 0 Å². The second-order valence-corrected chi connectivity index (χ2v) is 7.41. The smallest absolute Gasteiger partial charge is 0.410 e. The lowest BCUT2D eigenvalue weighted by atomic mass is 10.0. The fourth-order valence-electron chi connectivity index (χ4n) is 2.83. The maximum Gasteiger partial charge on any atom is 0.410 e. The molecule has 2 amide bonds. The van der Waals surface area contributed by atoms with Crippen LogP contribution in [0.4, 0.5) is 20.6 Å². The number of carbonyl (C=O) groups excluding carboxylic acids is 2. The van der Waals surface area contributed by atoms with Gasteiger partial charge in [0.2, 0.25) is 0 Å². The number of piperidine rings is 1. The van der Waals surface area contributed by atoms with Crippen LogP contribution in [0.1, 0.15) is 44.0 Å². The molecule has 1 aromatic carbocycles. The number of rotatable bonds is 3. The van der Waals surface area contributed by atoms with E-state index < -0.39 is 23.4 Å². The van der Waals surface area contributed by atoms with E-state index in [0.29, 0.717) is 25.2 Å². The Labute approximate surface area is 153 Å². The number of ether oxygens (including phenoxy) is 1. The van der Waals surface area contributed by atoms with Crippen molar-refractivity contribution in [1.82, 2.24) is 10.2 Å². The molecule has 0 aliphatic carbocycles. The molecule has 8 heteroatoms. The summed E-state index contributed by atoms with van der Waals surface area (Å²) in [5.41, 5.74) is 5.83. The molecular formula is C18H27FN4O3. The normalized spacial score (nSPS) is 17.6. The van der Waals surface area contributed by atoms with E-state index in [0.717, 1.165) is 6.42 Å². The van der Waals surface area contributed by atoms with Gasteiger partial charge in [-0.3, -0.25) is 4.79 Å². The van der Waals surface area contributed by atoms with Gasteiger partial charge in [-0.25, -0.2) is 9.18 Å². The van der Waals surface area contributed by atoms with Crippen molar-refractivity contribution < 1.29 is 18.7 Å². The van der Waals surface area contributed by atoms with Gasteiger partial charge >= 0.3 is 6.09 Å². The van der Waals surface area contributed by atoms with Crippen molar-refractivity contribution in [3.8, 4) is 0 Å². The monoisotopic (exact) mass is 366 g/mol. The van der Waals surface area contributed by atoms with E-state index in [1.54, 1.807) is 32.7 Å². The number of halogens is 1. The molecule has 1 aromatic rings. The molecule has 2 rings (SSSR count). The summed E-state index contributed by atoms with van der Waals surface area (Å²) in [6.45, 7) is 6.30. The highest BCUT2D eigenvalue weighted by Gasteiger charge is 2.29. The molecule has 1 heterocycles. The molecular weight excluding hydrogens is 339 g/mol. The van der Waals surface area contributed by atoms with E-state index in [4.69, 9.17) is 10.5 Å². The number of likely N-dealkylation sites (tertiary alicyclic amines) is 1. The zero-order valence-corrected chi connectivity index (χ0v) is 15.7. The fourth-order valence-corrected chi connectivity index (χ4v) is 2.83. The van der Waals surface area contributed by atoms with Gasteiger partial charge < -0.3 is 26.0 Å². The van der Waals surface area contributed by atoms with E-state index in [9.17, 15) is 14.0 Å². The first-order valence-electron chi connectivity index (χ1n) is 8.66. The number of amides is 2. The van der Waals surface area contributed by atoms with Crippen LogP contribution in [0.2, 0.25) is 0 Å². The highest BCUT2D eigenvalue weighted by atomic mass is 19.1. The average molecular weight is 366 g/mol. The van der Waals surface area contributed by atoms with Gasteiger partial charge in [-0.2, -0.15) is 0 Å². The Morgan fingerprint density at radius 3 is 2.65 bits per heavy atom. The first kappa shape index (κ1) is 19.8. The summed E-state index contributed by atoms with van der Waals surface area (Å²) in [4.78, 5) is 26.2. The van der Waals surface area contributed by atoms with Crippen LogP contribution in [0.15, 0.2) is 12.1 Å². The highest BCUT2D eigenvalue weighted by molar-refractivity contribution is 5.96. The van der Waals surface area contributed by atoms with Crippen LogP contribution in [-0.4, -0.2) is 48.7 Å². The van der Waals surface area contributed by atoms with E-state index in [-0.39, 0.29) is 17.3 Å². The first-order chi connectivity index (χ1) is 12.1. The molecule has 1 aliphatic rings. The summed E-state index contributed by atoms with van der Waals surface area (Å²) in [5.74, 6) is -1.20. The highest BCUT2D eigenvalue weighted by Crippen LogP contribution is 2.23. The third-order valence-corrected chi connectivity index (χ3v) is 4.06.